The first-order valence-corrected chi connectivity index (χ1v) is 4.30. The van der Waals surface area contributed by atoms with E-state index in [4.69, 9.17) is 5.26 Å². The van der Waals surface area contributed by atoms with Gasteiger partial charge in [0.1, 0.15) is 6.07 Å². The molecule has 1 aromatic rings. The van der Waals surface area contributed by atoms with Gasteiger partial charge in [-0.2, -0.15) is 5.26 Å². The lowest BCUT2D eigenvalue weighted by Gasteiger charge is -2.13. The zero-order chi connectivity index (χ0) is 11.6. The number of Topliss-reactive ketones (excluding diaryl/α,β-unsaturated/α-hetero) is 1. The molecule has 0 saturated heterocycles. The maximum absolute atomic E-state index is 13.4. The Balaban J connectivity index is 3.29. The maximum atomic E-state index is 13.4. The minimum Gasteiger partial charge on any atom is -0.290 e. The monoisotopic (exact) mass is 209 g/mol. The predicted molar refractivity (Wildman–Crippen MR) is 50.6 cm³/mol. The van der Waals surface area contributed by atoms with Crippen LogP contribution in [-0.4, -0.2) is 11.5 Å². The van der Waals surface area contributed by atoms with Crippen LogP contribution in [0.15, 0.2) is 18.2 Å². The van der Waals surface area contributed by atoms with E-state index < -0.39 is 17.3 Å². The van der Waals surface area contributed by atoms with Gasteiger partial charge in [0.2, 0.25) is 5.78 Å². The van der Waals surface area contributed by atoms with Crippen molar-refractivity contribution in [1.82, 2.24) is 0 Å². The van der Waals surface area contributed by atoms with Crippen molar-refractivity contribution < 1.29 is 13.6 Å². The number of alkyl halides is 1. The summed E-state index contributed by atoms with van der Waals surface area (Å²) in [6.45, 7) is 2.10. The quantitative estimate of drug-likeness (QED) is 0.702. The molecule has 0 heterocycles. The second kappa shape index (κ2) is 3.77. The van der Waals surface area contributed by atoms with E-state index in [1.54, 1.807) is 6.07 Å². The van der Waals surface area contributed by atoms with Crippen LogP contribution in [0.25, 0.3) is 0 Å². The van der Waals surface area contributed by atoms with Gasteiger partial charge in [0.05, 0.1) is 11.1 Å². The van der Waals surface area contributed by atoms with Crippen molar-refractivity contribution in [3.63, 3.8) is 0 Å². The highest BCUT2D eigenvalue weighted by molar-refractivity contribution is 6.02. The fourth-order valence-electron chi connectivity index (χ4n) is 1.11. The molecule has 1 rings (SSSR count). The largest absolute Gasteiger partial charge is 0.290 e. The first-order valence-electron chi connectivity index (χ1n) is 4.30. The van der Waals surface area contributed by atoms with Crippen molar-refractivity contribution in [2.45, 2.75) is 19.5 Å². The van der Waals surface area contributed by atoms with Gasteiger partial charge in [0, 0.05) is 0 Å². The molecule has 0 N–H and O–H groups in total. The van der Waals surface area contributed by atoms with Crippen molar-refractivity contribution in [2.75, 3.05) is 0 Å². The summed E-state index contributed by atoms with van der Waals surface area (Å²) in [6, 6.07) is 5.34. The molecule has 0 saturated carbocycles. The molecule has 15 heavy (non-hydrogen) atoms. The number of nitriles is 1. The zero-order valence-corrected chi connectivity index (χ0v) is 8.34. The summed E-state index contributed by atoms with van der Waals surface area (Å²) in [5.41, 5.74) is -2.79. The zero-order valence-electron chi connectivity index (χ0n) is 8.34. The average molecular weight is 209 g/mol. The third kappa shape index (κ3) is 2.18. The number of carbonyl (C=O) groups is 1. The third-order valence-corrected chi connectivity index (χ3v) is 1.90. The molecule has 0 spiro atoms. The van der Waals surface area contributed by atoms with Crippen molar-refractivity contribution in [3.8, 4) is 6.07 Å². The van der Waals surface area contributed by atoms with Gasteiger partial charge in [-0.3, -0.25) is 4.79 Å². The molecule has 0 aliphatic rings. The first-order chi connectivity index (χ1) is 6.88. The molecular weight excluding hydrogens is 200 g/mol. The molecular formula is C11H9F2NO. The van der Waals surface area contributed by atoms with Crippen LogP contribution < -0.4 is 0 Å². The molecule has 78 valence electrons. The predicted octanol–water partition coefficient (Wildman–Crippen LogP) is 2.63. The number of ketones is 1. The van der Waals surface area contributed by atoms with E-state index in [0.29, 0.717) is 0 Å². The number of rotatable bonds is 2. The van der Waals surface area contributed by atoms with Gasteiger partial charge in [-0.15, -0.1) is 0 Å². The van der Waals surface area contributed by atoms with E-state index in [2.05, 4.69) is 0 Å². The van der Waals surface area contributed by atoms with Crippen LogP contribution in [-0.2, 0) is 0 Å². The highest BCUT2D eigenvalue weighted by atomic mass is 19.1. The number of nitrogens with zero attached hydrogens (tertiary/aromatic N) is 1. The second-order valence-corrected chi connectivity index (χ2v) is 3.58. The van der Waals surface area contributed by atoms with Gasteiger partial charge in [0.25, 0.3) is 0 Å². The topological polar surface area (TPSA) is 40.9 Å². The molecule has 0 radical (unpaired) electrons. The Kier molecular flexibility index (Phi) is 2.85. The van der Waals surface area contributed by atoms with E-state index in [1.165, 1.54) is 18.2 Å². The lowest BCUT2D eigenvalue weighted by Crippen LogP contribution is -2.27. The van der Waals surface area contributed by atoms with Gasteiger partial charge in [-0.25, -0.2) is 8.78 Å². The molecule has 0 fully saturated rings. The summed E-state index contributed by atoms with van der Waals surface area (Å²) in [5, 5.41) is 8.53. The van der Waals surface area contributed by atoms with Crippen LogP contribution in [0.5, 0.6) is 0 Å². The summed E-state index contributed by atoms with van der Waals surface area (Å²) in [6.07, 6.45) is 0. The van der Waals surface area contributed by atoms with Crippen LogP contribution in [0.2, 0.25) is 0 Å². The summed E-state index contributed by atoms with van der Waals surface area (Å²) >= 11 is 0. The Morgan fingerprint density at radius 2 is 2.07 bits per heavy atom. The molecule has 0 amide bonds. The van der Waals surface area contributed by atoms with E-state index in [0.717, 1.165) is 13.8 Å². The van der Waals surface area contributed by atoms with Crippen LogP contribution in [0, 0.1) is 17.1 Å². The van der Waals surface area contributed by atoms with Gasteiger partial charge < -0.3 is 0 Å². The number of hydrogen-bond acceptors (Lipinski definition) is 2. The first kappa shape index (κ1) is 11.3. The van der Waals surface area contributed by atoms with Crippen LogP contribution in [0.3, 0.4) is 0 Å². The molecule has 0 atom stereocenters. The third-order valence-electron chi connectivity index (χ3n) is 1.90. The Morgan fingerprint density at radius 3 is 2.53 bits per heavy atom. The molecule has 0 aromatic heterocycles. The van der Waals surface area contributed by atoms with E-state index >= 15 is 0 Å². The fourth-order valence-corrected chi connectivity index (χ4v) is 1.11. The van der Waals surface area contributed by atoms with E-state index in [1.807, 2.05) is 0 Å². The minimum absolute atomic E-state index is 0.259. The van der Waals surface area contributed by atoms with E-state index in [-0.39, 0.29) is 11.1 Å². The van der Waals surface area contributed by atoms with Crippen LogP contribution >= 0.6 is 0 Å². The van der Waals surface area contributed by atoms with Crippen molar-refractivity contribution >= 4 is 5.78 Å². The number of hydrogen-bond donors (Lipinski definition) is 0. The Morgan fingerprint density at radius 1 is 1.47 bits per heavy atom. The summed E-state index contributed by atoms with van der Waals surface area (Å²) in [4.78, 5) is 11.4. The fraction of sp³-hybridized carbons (Fsp3) is 0.273. The standard InChI is InChI=1S/C11H9F2NO/c1-11(2,13)10(15)8-5-3-4-7(6-14)9(8)12/h3-5H,1-2H3. The van der Waals surface area contributed by atoms with Gasteiger partial charge in [-0.05, 0) is 26.0 Å². The van der Waals surface area contributed by atoms with Crippen LogP contribution in [0.4, 0.5) is 8.78 Å². The van der Waals surface area contributed by atoms with Gasteiger partial charge >= 0.3 is 0 Å². The molecule has 1 aromatic carbocycles. The molecule has 4 heteroatoms. The summed E-state index contributed by atoms with van der Waals surface area (Å²) in [7, 11) is 0. The molecule has 0 unspecified atom stereocenters. The molecule has 0 bridgehead atoms. The number of halogens is 2. The molecule has 2 nitrogen and oxygen atoms in total. The van der Waals surface area contributed by atoms with Crippen molar-refractivity contribution in [1.29, 1.82) is 5.26 Å². The Labute approximate surface area is 86.1 Å². The van der Waals surface area contributed by atoms with Crippen LogP contribution in [0.1, 0.15) is 29.8 Å². The number of benzene rings is 1. The van der Waals surface area contributed by atoms with E-state index in [9.17, 15) is 13.6 Å². The lowest BCUT2D eigenvalue weighted by atomic mass is 9.96. The number of carbonyl (C=O) groups excluding carboxylic acids is 1. The maximum Gasteiger partial charge on any atom is 0.202 e. The highest BCUT2D eigenvalue weighted by Gasteiger charge is 2.30. The summed E-state index contributed by atoms with van der Waals surface area (Å²) < 4.78 is 26.7. The smallest absolute Gasteiger partial charge is 0.202 e. The minimum atomic E-state index is -2.14. The SMILES string of the molecule is CC(C)(F)C(=O)c1cccc(C#N)c1F. The molecule has 0 aliphatic carbocycles. The van der Waals surface area contributed by atoms with Gasteiger partial charge in [-0.1, -0.05) is 6.07 Å². The Bertz CT molecular complexity index is 441. The van der Waals surface area contributed by atoms with Crippen molar-refractivity contribution in [3.05, 3.63) is 35.1 Å². The molecule has 0 aliphatic heterocycles. The summed E-state index contributed by atoms with van der Waals surface area (Å²) in [5.74, 6) is -1.92. The average Bonchev–Trinajstić information content (AvgIpc) is 2.16. The Hall–Kier alpha value is -1.76. The highest BCUT2D eigenvalue weighted by Crippen LogP contribution is 2.20. The second-order valence-electron chi connectivity index (χ2n) is 3.58. The van der Waals surface area contributed by atoms with Gasteiger partial charge in [0.15, 0.2) is 11.5 Å². The normalized spacial score (nSPS) is 10.9. The lowest BCUT2D eigenvalue weighted by molar-refractivity contribution is 0.0755. The van der Waals surface area contributed by atoms with Crippen molar-refractivity contribution in [2.24, 2.45) is 0 Å².